The van der Waals surface area contributed by atoms with Crippen LogP contribution in [0.1, 0.15) is 31.7 Å². The van der Waals surface area contributed by atoms with Crippen LogP contribution in [0.3, 0.4) is 0 Å². The van der Waals surface area contributed by atoms with E-state index in [4.69, 9.17) is 9.47 Å². The summed E-state index contributed by atoms with van der Waals surface area (Å²) in [5, 5.41) is 0. The maximum absolute atomic E-state index is 12.4. The third-order valence-electron chi connectivity index (χ3n) is 4.35. The first kappa shape index (κ1) is 17.9. The summed E-state index contributed by atoms with van der Waals surface area (Å²) in [7, 11) is 0. The van der Waals surface area contributed by atoms with Crippen LogP contribution in [0.25, 0.3) is 0 Å². The van der Waals surface area contributed by atoms with Crippen molar-refractivity contribution in [2.75, 3.05) is 6.61 Å². The molecule has 2 aromatic carbocycles. The van der Waals surface area contributed by atoms with Gasteiger partial charge < -0.3 is 9.47 Å². The number of ether oxygens (including phenoxy) is 2. The summed E-state index contributed by atoms with van der Waals surface area (Å²) in [5.41, 5.74) is 1.36. The molecular weight excluding hydrogens is 330 g/mol. The topological polar surface area (TPSA) is 65.0 Å². The van der Waals surface area contributed by atoms with E-state index < -0.39 is 5.92 Å². The predicted octanol–water partition coefficient (Wildman–Crippen LogP) is 4.13. The van der Waals surface area contributed by atoms with Crippen molar-refractivity contribution in [2.45, 2.75) is 26.2 Å². The van der Waals surface area contributed by atoms with E-state index in [0.29, 0.717) is 18.1 Å². The Balaban J connectivity index is 1.90. The van der Waals surface area contributed by atoms with Crippen LogP contribution in [-0.2, 0) is 14.3 Å². The van der Waals surface area contributed by atoms with Crippen molar-refractivity contribution in [3.8, 4) is 11.5 Å². The summed E-state index contributed by atoms with van der Waals surface area (Å²) in [5.74, 6) is -0.0472. The van der Waals surface area contributed by atoms with Gasteiger partial charge in [0.1, 0.15) is 17.4 Å². The first-order valence-corrected chi connectivity index (χ1v) is 8.66. The molecule has 26 heavy (non-hydrogen) atoms. The summed E-state index contributed by atoms with van der Waals surface area (Å²) in [4.78, 5) is 28.4. The molecule has 0 aliphatic carbocycles. The smallest absolute Gasteiger partial charge is 0.315 e. The third-order valence-corrected chi connectivity index (χ3v) is 4.35. The van der Waals surface area contributed by atoms with E-state index in [1.807, 2.05) is 54.6 Å². The van der Waals surface area contributed by atoms with Gasteiger partial charge in [0.25, 0.3) is 0 Å². The number of hydrogen-bond donors (Lipinski definition) is 0. The van der Waals surface area contributed by atoms with E-state index >= 15 is 0 Å². The van der Waals surface area contributed by atoms with Crippen molar-refractivity contribution >= 4 is 17.6 Å². The lowest BCUT2D eigenvalue weighted by atomic mass is 9.79. The summed E-state index contributed by atoms with van der Waals surface area (Å²) < 4.78 is 11.1. The lowest BCUT2D eigenvalue weighted by molar-refractivity contribution is -0.146. The van der Waals surface area contributed by atoms with Crippen molar-refractivity contribution in [3.63, 3.8) is 0 Å². The van der Waals surface area contributed by atoms with Gasteiger partial charge in [-0.3, -0.25) is 9.59 Å². The molecule has 0 aromatic heterocycles. The van der Waals surface area contributed by atoms with Gasteiger partial charge in [-0.25, -0.2) is 4.99 Å². The fourth-order valence-corrected chi connectivity index (χ4v) is 3.22. The summed E-state index contributed by atoms with van der Waals surface area (Å²) in [6, 6.07) is 16.9. The van der Waals surface area contributed by atoms with E-state index in [1.165, 1.54) is 0 Å². The number of carbonyl (C=O) groups excluding carboxylic acids is 2. The van der Waals surface area contributed by atoms with Gasteiger partial charge in [0, 0.05) is 18.1 Å². The SMILES string of the molecule is CCOC(=O)C1C(C)=NC(=O)CC1c1cccc(Oc2ccccc2)c1. The van der Waals surface area contributed by atoms with Gasteiger partial charge in [-0.05, 0) is 43.7 Å². The lowest BCUT2D eigenvalue weighted by Gasteiger charge is -2.28. The molecule has 5 heteroatoms. The number of nitrogens with zero attached hydrogens (tertiary/aromatic N) is 1. The van der Waals surface area contributed by atoms with Crippen LogP contribution in [0, 0.1) is 5.92 Å². The Kier molecular flexibility index (Phi) is 5.46. The first-order chi connectivity index (χ1) is 12.6. The van der Waals surface area contributed by atoms with Crippen molar-refractivity contribution in [1.29, 1.82) is 0 Å². The van der Waals surface area contributed by atoms with Crippen molar-refractivity contribution < 1.29 is 19.1 Å². The molecule has 2 unspecified atom stereocenters. The molecule has 5 nitrogen and oxygen atoms in total. The maximum Gasteiger partial charge on any atom is 0.315 e. The first-order valence-electron chi connectivity index (χ1n) is 8.66. The zero-order valence-electron chi connectivity index (χ0n) is 14.8. The van der Waals surface area contributed by atoms with E-state index in [-0.39, 0.29) is 24.2 Å². The van der Waals surface area contributed by atoms with Crippen molar-refractivity contribution in [1.82, 2.24) is 0 Å². The molecule has 0 bridgehead atoms. The standard InChI is InChI=1S/C21H21NO4/c1-3-25-21(24)20-14(2)22-19(23)13-18(20)15-8-7-11-17(12-15)26-16-9-5-4-6-10-16/h4-12,18,20H,3,13H2,1-2H3. The highest BCUT2D eigenvalue weighted by Gasteiger charge is 2.38. The maximum atomic E-state index is 12.4. The fraction of sp³-hybridized carbons (Fsp3) is 0.286. The molecule has 0 saturated carbocycles. The largest absolute Gasteiger partial charge is 0.465 e. The normalized spacial score (nSPS) is 19.6. The third kappa shape index (κ3) is 3.99. The molecule has 1 amide bonds. The Labute approximate surface area is 152 Å². The Bertz CT molecular complexity index is 829. The van der Waals surface area contributed by atoms with Crippen molar-refractivity contribution in [2.24, 2.45) is 10.9 Å². The molecule has 0 saturated heterocycles. The van der Waals surface area contributed by atoms with Gasteiger partial charge in [-0.1, -0.05) is 30.3 Å². The number of carbonyl (C=O) groups is 2. The van der Waals surface area contributed by atoms with Gasteiger partial charge in [0.15, 0.2) is 0 Å². The molecule has 1 aliphatic rings. The molecule has 0 N–H and O–H groups in total. The molecule has 0 radical (unpaired) electrons. The number of amides is 1. The van der Waals surface area contributed by atoms with E-state index in [9.17, 15) is 9.59 Å². The summed E-state index contributed by atoms with van der Waals surface area (Å²) in [6.45, 7) is 3.76. The minimum absolute atomic E-state index is 0.176. The van der Waals surface area contributed by atoms with Gasteiger partial charge in [0.05, 0.1) is 6.61 Å². The average molecular weight is 351 g/mol. The zero-order valence-corrected chi connectivity index (χ0v) is 14.8. The Hall–Kier alpha value is -2.95. The minimum Gasteiger partial charge on any atom is -0.465 e. The molecule has 1 aliphatic heterocycles. The highest BCUT2D eigenvalue weighted by Crippen LogP contribution is 2.36. The number of hydrogen-bond acceptors (Lipinski definition) is 4. The van der Waals surface area contributed by atoms with E-state index in [1.54, 1.807) is 13.8 Å². The summed E-state index contributed by atoms with van der Waals surface area (Å²) in [6.07, 6.45) is 0.176. The van der Waals surface area contributed by atoms with E-state index in [0.717, 1.165) is 11.3 Å². The van der Waals surface area contributed by atoms with Crippen molar-refractivity contribution in [3.05, 3.63) is 60.2 Å². The number of para-hydroxylation sites is 1. The van der Waals surface area contributed by atoms with Crippen LogP contribution >= 0.6 is 0 Å². The minimum atomic E-state index is -0.556. The van der Waals surface area contributed by atoms with Crippen LogP contribution in [0.4, 0.5) is 0 Å². The monoisotopic (exact) mass is 351 g/mol. The van der Waals surface area contributed by atoms with Crippen LogP contribution in [0.5, 0.6) is 11.5 Å². The zero-order chi connectivity index (χ0) is 18.5. The van der Waals surface area contributed by atoms with Crippen LogP contribution in [-0.4, -0.2) is 24.2 Å². The highest BCUT2D eigenvalue weighted by molar-refractivity contribution is 6.08. The second kappa shape index (κ2) is 7.95. The Morgan fingerprint density at radius 3 is 2.58 bits per heavy atom. The molecule has 1 heterocycles. The molecular formula is C21H21NO4. The average Bonchev–Trinajstić information content (AvgIpc) is 2.62. The predicted molar refractivity (Wildman–Crippen MR) is 98.6 cm³/mol. The number of esters is 1. The Morgan fingerprint density at radius 1 is 1.12 bits per heavy atom. The van der Waals surface area contributed by atoms with Gasteiger partial charge >= 0.3 is 5.97 Å². The highest BCUT2D eigenvalue weighted by atomic mass is 16.5. The van der Waals surface area contributed by atoms with Crippen LogP contribution in [0.15, 0.2) is 59.6 Å². The molecule has 2 aromatic rings. The quantitative estimate of drug-likeness (QED) is 0.760. The molecule has 134 valence electrons. The van der Waals surface area contributed by atoms with Gasteiger partial charge in [-0.15, -0.1) is 0 Å². The molecule has 0 spiro atoms. The number of aliphatic imine (C=N–C) groups is 1. The molecule has 0 fully saturated rings. The molecule has 3 rings (SSSR count). The van der Waals surface area contributed by atoms with Gasteiger partial charge in [-0.2, -0.15) is 0 Å². The lowest BCUT2D eigenvalue weighted by Crippen LogP contribution is -2.35. The van der Waals surface area contributed by atoms with Crippen LogP contribution < -0.4 is 4.74 Å². The fourth-order valence-electron chi connectivity index (χ4n) is 3.22. The van der Waals surface area contributed by atoms with Crippen LogP contribution in [0.2, 0.25) is 0 Å². The molecule has 2 atom stereocenters. The van der Waals surface area contributed by atoms with Gasteiger partial charge in [0.2, 0.25) is 5.91 Å². The summed E-state index contributed by atoms with van der Waals surface area (Å²) >= 11 is 0. The number of rotatable bonds is 5. The second-order valence-corrected chi connectivity index (χ2v) is 6.17. The van der Waals surface area contributed by atoms with E-state index in [2.05, 4.69) is 4.99 Å². The second-order valence-electron chi connectivity index (χ2n) is 6.17. The Morgan fingerprint density at radius 2 is 1.85 bits per heavy atom. The number of benzene rings is 2.